The maximum absolute atomic E-state index is 12.8. The first-order valence-corrected chi connectivity index (χ1v) is 11.0. The van der Waals surface area contributed by atoms with E-state index in [4.69, 9.17) is 4.42 Å². The molecule has 2 aromatic rings. The molecule has 1 aromatic heterocycles. The van der Waals surface area contributed by atoms with Crippen LogP contribution in [0.5, 0.6) is 0 Å². The van der Waals surface area contributed by atoms with Crippen LogP contribution in [0.4, 0.5) is 4.79 Å². The summed E-state index contributed by atoms with van der Waals surface area (Å²) < 4.78 is 33.2. The highest BCUT2D eigenvalue weighted by Crippen LogP contribution is 2.31. The number of carbonyl (C=O) groups is 2. The lowest BCUT2D eigenvalue weighted by molar-refractivity contribution is -0.127. The summed E-state index contributed by atoms with van der Waals surface area (Å²) in [5.74, 6) is -0.846. The number of imide groups is 1. The Morgan fingerprint density at radius 2 is 1.96 bits per heavy atom. The van der Waals surface area contributed by atoms with Gasteiger partial charge in [-0.2, -0.15) is 0 Å². The minimum atomic E-state index is -3.91. The van der Waals surface area contributed by atoms with Crippen LogP contribution in [-0.2, 0) is 14.8 Å². The van der Waals surface area contributed by atoms with Crippen LogP contribution in [0.3, 0.4) is 0 Å². The van der Waals surface area contributed by atoms with Crippen LogP contribution in [0.15, 0.2) is 32.3 Å². The number of oxazole rings is 1. The van der Waals surface area contributed by atoms with Gasteiger partial charge in [0.05, 0.1) is 22.2 Å². The minimum Gasteiger partial charge on any atom is -0.408 e. The average Bonchev–Trinajstić information content (AvgIpc) is 3.15. The molecule has 1 saturated carbocycles. The number of benzene rings is 1. The fraction of sp³-hybridized carbons (Fsp3) is 0.438. The number of nitrogens with zero attached hydrogens (tertiary/aromatic N) is 1. The number of thioether (sulfide) groups is 1. The summed E-state index contributed by atoms with van der Waals surface area (Å²) in [5, 5.41) is -0.325. The SMILES string of the molecule is O=C1CSC(=O)N1[C@H]1CCCC[C@H]1NS(=O)(=O)c1ccc2oc(=O)[nH]c2c1. The second kappa shape index (κ2) is 6.80. The summed E-state index contributed by atoms with van der Waals surface area (Å²) >= 11 is 0.943. The third kappa shape index (κ3) is 3.42. The average molecular weight is 411 g/mol. The van der Waals surface area contributed by atoms with Gasteiger partial charge in [-0.15, -0.1) is 0 Å². The van der Waals surface area contributed by atoms with E-state index in [9.17, 15) is 22.8 Å². The van der Waals surface area contributed by atoms with Gasteiger partial charge in [-0.05, 0) is 31.0 Å². The van der Waals surface area contributed by atoms with E-state index in [-0.39, 0.29) is 32.9 Å². The molecule has 2 atom stereocenters. The van der Waals surface area contributed by atoms with Crippen LogP contribution in [0.2, 0.25) is 0 Å². The van der Waals surface area contributed by atoms with E-state index in [2.05, 4.69) is 9.71 Å². The first-order valence-electron chi connectivity index (χ1n) is 8.49. The van der Waals surface area contributed by atoms with E-state index in [0.717, 1.165) is 24.6 Å². The predicted octanol–water partition coefficient (Wildman–Crippen LogP) is 1.41. The van der Waals surface area contributed by atoms with Gasteiger partial charge in [0.25, 0.3) is 5.24 Å². The summed E-state index contributed by atoms with van der Waals surface area (Å²) in [7, 11) is -3.91. The fourth-order valence-electron chi connectivity index (χ4n) is 3.61. The molecule has 1 aliphatic heterocycles. The summed E-state index contributed by atoms with van der Waals surface area (Å²) in [6.45, 7) is 0. The quantitative estimate of drug-likeness (QED) is 0.778. The molecule has 4 rings (SSSR count). The number of aromatic amines is 1. The third-order valence-corrected chi connectivity index (χ3v) is 7.18. The van der Waals surface area contributed by atoms with Crippen molar-refractivity contribution in [2.24, 2.45) is 0 Å². The number of hydrogen-bond acceptors (Lipinski definition) is 7. The van der Waals surface area contributed by atoms with Crippen LogP contribution in [0.25, 0.3) is 11.1 Å². The van der Waals surface area contributed by atoms with Gasteiger partial charge in [-0.3, -0.25) is 19.5 Å². The van der Waals surface area contributed by atoms with Crippen LogP contribution in [0.1, 0.15) is 25.7 Å². The van der Waals surface area contributed by atoms with E-state index in [1.165, 1.54) is 23.1 Å². The van der Waals surface area contributed by atoms with Crippen molar-refractivity contribution in [3.8, 4) is 0 Å². The van der Waals surface area contributed by atoms with Gasteiger partial charge in [-0.25, -0.2) is 17.9 Å². The molecule has 0 spiro atoms. The molecule has 144 valence electrons. The van der Waals surface area contributed by atoms with Gasteiger partial charge >= 0.3 is 5.76 Å². The number of rotatable bonds is 4. The Labute approximate surface area is 158 Å². The molecule has 1 saturated heterocycles. The summed E-state index contributed by atoms with van der Waals surface area (Å²) in [6, 6.07) is 3.05. The van der Waals surface area contributed by atoms with Crippen molar-refractivity contribution < 1.29 is 22.4 Å². The number of sulfonamides is 1. The largest absolute Gasteiger partial charge is 0.417 e. The van der Waals surface area contributed by atoms with Gasteiger partial charge < -0.3 is 4.42 Å². The number of H-pyrrole nitrogens is 1. The molecule has 0 unspecified atom stereocenters. The van der Waals surface area contributed by atoms with Crippen molar-refractivity contribution >= 4 is 44.0 Å². The zero-order valence-corrected chi connectivity index (χ0v) is 15.8. The van der Waals surface area contributed by atoms with E-state index >= 15 is 0 Å². The maximum Gasteiger partial charge on any atom is 0.417 e. The highest BCUT2D eigenvalue weighted by Gasteiger charge is 2.42. The van der Waals surface area contributed by atoms with Gasteiger partial charge in [0.2, 0.25) is 15.9 Å². The first kappa shape index (κ1) is 18.3. The molecule has 1 aromatic carbocycles. The smallest absolute Gasteiger partial charge is 0.408 e. The van der Waals surface area contributed by atoms with E-state index in [1.807, 2.05) is 0 Å². The molecule has 11 heteroatoms. The first-order chi connectivity index (χ1) is 12.8. The lowest BCUT2D eigenvalue weighted by atomic mass is 9.90. The minimum absolute atomic E-state index is 0.0233. The molecule has 9 nitrogen and oxygen atoms in total. The molecule has 2 N–H and O–H groups in total. The Morgan fingerprint density at radius 3 is 2.70 bits per heavy atom. The maximum atomic E-state index is 12.8. The summed E-state index contributed by atoms with van der Waals surface area (Å²) in [6.07, 6.45) is 2.74. The van der Waals surface area contributed by atoms with Crippen LogP contribution >= 0.6 is 11.8 Å². The molecule has 2 aliphatic rings. The Kier molecular flexibility index (Phi) is 4.60. The van der Waals surface area contributed by atoms with Crippen molar-refractivity contribution in [1.29, 1.82) is 0 Å². The molecule has 27 heavy (non-hydrogen) atoms. The zero-order chi connectivity index (χ0) is 19.2. The number of carbonyl (C=O) groups excluding carboxylic acids is 2. The van der Waals surface area contributed by atoms with E-state index in [1.54, 1.807) is 0 Å². The normalized spacial score (nSPS) is 24.1. The Balaban J connectivity index is 1.62. The lowest BCUT2D eigenvalue weighted by Crippen LogP contribution is -2.54. The molecule has 2 fully saturated rings. The molecule has 2 heterocycles. The lowest BCUT2D eigenvalue weighted by Gasteiger charge is -2.36. The molecule has 0 bridgehead atoms. The standard InChI is InChI=1S/C16H17N3O6S2/c20-14-8-26-16(22)19(14)12-4-2-1-3-10(12)18-27(23,24)9-5-6-13-11(7-9)17-15(21)25-13/h5-7,10,12,18H,1-4,8H2,(H,17,21)/t10-,12+/m1/s1. The number of hydrogen-bond donors (Lipinski definition) is 2. The van der Waals surface area contributed by atoms with Crippen LogP contribution in [0, 0.1) is 0 Å². The molecule has 1 aliphatic carbocycles. The second-order valence-corrected chi connectivity index (χ2v) is 9.21. The number of fused-ring (bicyclic) bond motifs is 1. The van der Waals surface area contributed by atoms with Crippen LogP contribution < -0.4 is 10.5 Å². The second-order valence-electron chi connectivity index (χ2n) is 6.57. The fourth-order valence-corrected chi connectivity index (χ4v) is 5.70. The van der Waals surface area contributed by atoms with Crippen molar-refractivity contribution in [2.75, 3.05) is 5.75 Å². The topological polar surface area (TPSA) is 130 Å². The Bertz CT molecular complexity index is 1060. The number of amides is 2. The molecular formula is C16H17N3O6S2. The highest BCUT2D eigenvalue weighted by molar-refractivity contribution is 8.14. The summed E-state index contributed by atoms with van der Waals surface area (Å²) in [4.78, 5) is 39.0. The van der Waals surface area contributed by atoms with E-state index in [0.29, 0.717) is 12.8 Å². The number of aromatic nitrogens is 1. The van der Waals surface area contributed by atoms with Crippen molar-refractivity contribution in [3.05, 3.63) is 28.7 Å². The van der Waals surface area contributed by atoms with Crippen molar-refractivity contribution in [2.45, 2.75) is 42.7 Å². The molecule has 2 amide bonds. The van der Waals surface area contributed by atoms with Crippen molar-refractivity contribution in [3.63, 3.8) is 0 Å². The van der Waals surface area contributed by atoms with Crippen molar-refractivity contribution in [1.82, 2.24) is 14.6 Å². The predicted molar refractivity (Wildman–Crippen MR) is 97.9 cm³/mol. The van der Waals surface area contributed by atoms with Crippen LogP contribution in [-0.4, -0.2) is 47.3 Å². The molecular weight excluding hydrogens is 394 g/mol. The highest BCUT2D eigenvalue weighted by atomic mass is 32.2. The van der Waals surface area contributed by atoms with Gasteiger partial charge in [-0.1, -0.05) is 24.6 Å². The van der Waals surface area contributed by atoms with E-state index < -0.39 is 27.9 Å². The summed E-state index contributed by atoms with van der Waals surface area (Å²) in [5.41, 5.74) is 0.546. The zero-order valence-electron chi connectivity index (χ0n) is 14.1. The van der Waals surface area contributed by atoms with Gasteiger partial charge in [0, 0.05) is 6.04 Å². The monoisotopic (exact) mass is 411 g/mol. The molecule has 0 radical (unpaired) electrons. The van der Waals surface area contributed by atoms with Gasteiger partial charge in [0.1, 0.15) is 0 Å². The Hall–Kier alpha value is -2.11. The van der Waals surface area contributed by atoms with Gasteiger partial charge in [0.15, 0.2) is 5.58 Å². The Morgan fingerprint density at radius 1 is 1.19 bits per heavy atom. The number of nitrogens with one attached hydrogen (secondary N) is 2. The third-order valence-electron chi connectivity index (χ3n) is 4.85.